The molecule has 0 aliphatic rings. The summed E-state index contributed by atoms with van der Waals surface area (Å²) in [5, 5.41) is 3.61. The van der Waals surface area contributed by atoms with E-state index in [1.807, 2.05) is 31.2 Å². The van der Waals surface area contributed by atoms with Gasteiger partial charge in [0.05, 0.1) is 10.7 Å². The van der Waals surface area contributed by atoms with Crippen LogP contribution in [0.2, 0.25) is 5.02 Å². The highest BCUT2D eigenvalue weighted by Crippen LogP contribution is 2.34. The van der Waals surface area contributed by atoms with Crippen molar-refractivity contribution in [3.63, 3.8) is 0 Å². The Morgan fingerprint density at radius 3 is 2.53 bits per heavy atom. The maximum Gasteiger partial charge on any atom is 0.194 e. The van der Waals surface area contributed by atoms with E-state index in [1.165, 1.54) is 0 Å². The third-order valence-corrected chi connectivity index (χ3v) is 3.78. The highest BCUT2D eigenvalue weighted by atomic mass is 79.9. The average molecular weight is 339 g/mol. The molecule has 2 aromatic carbocycles. The van der Waals surface area contributed by atoms with Crippen molar-refractivity contribution in [2.75, 3.05) is 11.9 Å². The molecule has 0 aromatic heterocycles. The lowest BCUT2D eigenvalue weighted by atomic mass is 10.0. The van der Waals surface area contributed by atoms with Gasteiger partial charge < -0.3 is 5.32 Å². The van der Waals surface area contributed by atoms with Gasteiger partial charge in [0, 0.05) is 22.1 Å². The number of rotatable bonds is 4. The number of halogens is 2. The van der Waals surface area contributed by atoms with E-state index < -0.39 is 0 Å². The monoisotopic (exact) mass is 337 g/mol. The molecule has 0 aliphatic heterocycles. The first-order valence-electron chi connectivity index (χ1n) is 5.96. The van der Waals surface area contributed by atoms with Crippen LogP contribution < -0.4 is 5.32 Å². The number of nitrogens with one attached hydrogen (secondary N) is 1. The van der Waals surface area contributed by atoms with E-state index in [0.717, 1.165) is 16.7 Å². The summed E-state index contributed by atoms with van der Waals surface area (Å²) in [5.41, 5.74) is 1.90. The van der Waals surface area contributed by atoms with Crippen molar-refractivity contribution >= 4 is 39.0 Å². The van der Waals surface area contributed by atoms with E-state index in [0.29, 0.717) is 16.1 Å². The molecule has 0 spiro atoms. The van der Waals surface area contributed by atoms with Gasteiger partial charge in [-0.15, -0.1) is 0 Å². The molecule has 0 saturated carbocycles. The van der Waals surface area contributed by atoms with Gasteiger partial charge in [-0.05, 0) is 35.0 Å². The van der Waals surface area contributed by atoms with Crippen molar-refractivity contribution in [2.45, 2.75) is 6.92 Å². The second-order valence-corrected chi connectivity index (χ2v) is 5.24. The summed E-state index contributed by atoms with van der Waals surface area (Å²) in [5.74, 6) is -0.0720. The van der Waals surface area contributed by atoms with E-state index in [-0.39, 0.29) is 5.78 Å². The zero-order valence-electron chi connectivity index (χ0n) is 10.4. The van der Waals surface area contributed by atoms with Crippen LogP contribution in [0.3, 0.4) is 0 Å². The molecule has 4 heteroatoms. The Bertz CT molecular complexity index is 599. The van der Waals surface area contributed by atoms with Gasteiger partial charge >= 0.3 is 0 Å². The summed E-state index contributed by atoms with van der Waals surface area (Å²) in [6.45, 7) is 2.72. The van der Waals surface area contributed by atoms with Gasteiger partial charge in [-0.2, -0.15) is 0 Å². The van der Waals surface area contributed by atoms with Crippen molar-refractivity contribution in [2.24, 2.45) is 0 Å². The summed E-state index contributed by atoms with van der Waals surface area (Å²) < 4.78 is 0.851. The molecule has 2 rings (SSSR count). The van der Waals surface area contributed by atoms with Gasteiger partial charge in [-0.3, -0.25) is 4.79 Å². The first kappa shape index (κ1) is 14.1. The van der Waals surface area contributed by atoms with Crippen LogP contribution in [0.5, 0.6) is 0 Å². The lowest BCUT2D eigenvalue weighted by Crippen LogP contribution is -2.05. The van der Waals surface area contributed by atoms with Crippen LogP contribution in [0.1, 0.15) is 22.8 Å². The highest BCUT2D eigenvalue weighted by Gasteiger charge is 2.16. The minimum atomic E-state index is -0.0720. The molecule has 0 atom stereocenters. The Morgan fingerprint density at radius 1 is 1.21 bits per heavy atom. The first-order chi connectivity index (χ1) is 9.15. The smallest absolute Gasteiger partial charge is 0.194 e. The van der Waals surface area contributed by atoms with Crippen LogP contribution in [0.4, 0.5) is 5.69 Å². The Kier molecular flexibility index (Phi) is 4.61. The molecule has 0 bridgehead atoms. The van der Waals surface area contributed by atoms with E-state index in [1.54, 1.807) is 18.2 Å². The third kappa shape index (κ3) is 2.99. The van der Waals surface area contributed by atoms with Crippen LogP contribution in [0.15, 0.2) is 46.9 Å². The number of ketones is 1. The summed E-state index contributed by atoms with van der Waals surface area (Å²) >= 11 is 9.75. The minimum Gasteiger partial charge on any atom is -0.383 e. The minimum absolute atomic E-state index is 0.0720. The lowest BCUT2D eigenvalue weighted by molar-refractivity contribution is 0.103. The predicted molar refractivity (Wildman–Crippen MR) is 83.2 cm³/mol. The normalized spacial score (nSPS) is 10.3. The predicted octanol–water partition coefficient (Wildman–Crippen LogP) is 4.77. The fraction of sp³-hybridized carbons (Fsp3) is 0.133. The lowest BCUT2D eigenvalue weighted by Gasteiger charge is -2.12. The van der Waals surface area contributed by atoms with Crippen LogP contribution in [-0.4, -0.2) is 12.3 Å². The molecule has 0 aliphatic carbocycles. The zero-order valence-corrected chi connectivity index (χ0v) is 12.8. The standard InChI is InChI=1S/C15H13BrClNO/c1-2-18-14-12(16)9-8-11(13(14)17)15(19)10-6-4-3-5-7-10/h3-9,18H,2H2,1H3. The number of anilines is 1. The first-order valence-corrected chi connectivity index (χ1v) is 7.14. The quantitative estimate of drug-likeness (QED) is 0.814. The highest BCUT2D eigenvalue weighted by molar-refractivity contribution is 9.10. The van der Waals surface area contributed by atoms with Gasteiger partial charge in [0.15, 0.2) is 5.78 Å². The molecule has 98 valence electrons. The van der Waals surface area contributed by atoms with Gasteiger partial charge in [-0.1, -0.05) is 41.9 Å². The van der Waals surface area contributed by atoms with Crippen molar-refractivity contribution in [3.05, 3.63) is 63.1 Å². The maximum atomic E-state index is 12.4. The molecule has 0 fully saturated rings. The van der Waals surface area contributed by atoms with Gasteiger partial charge in [-0.25, -0.2) is 0 Å². The number of benzene rings is 2. The number of hydrogen-bond donors (Lipinski definition) is 1. The molecule has 0 saturated heterocycles. The summed E-state index contributed by atoms with van der Waals surface area (Å²) in [7, 11) is 0. The second kappa shape index (κ2) is 6.22. The fourth-order valence-electron chi connectivity index (χ4n) is 1.81. The number of carbonyl (C=O) groups is 1. The van der Waals surface area contributed by atoms with Crippen LogP contribution in [-0.2, 0) is 0 Å². The van der Waals surface area contributed by atoms with Crippen LogP contribution in [0, 0.1) is 0 Å². The Balaban J connectivity index is 2.46. The fourth-order valence-corrected chi connectivity index (χ4v) is 2.71. The molecule has 2 nitrogen and oxygen atoms in total. The van der Waals surface area contributed by atoms with Crippen LogP contribution in [0.25, 0.3) is 0 Å². The molecular weight excluding hydrogens is 326 g/mol. The Labute approximate surface area is 125 Å². The number of hydrogen-bond acceptors (Lipinski definition) is 2. The molecule has 1 N–H and O–H groups in total. The largest absolute Gasteiger partial charge is 0.383 e. The van der Waals surface area contributed by atoms with Crippen LogP contribution >= 0.6 is 27.5 Å². The number of carbonyl (C=O) groups excluding carboxylic acids is 1. The van der Waals surface area contributed by atoms with Crippen molar-refractivity contribution in [1.29, 1.82) is 0 Å². The Morgan fingerprint density at radius 2 is 1.89 bits per heavy atom. The summed E-state index contributed by atoms with van der Waals surface area (Å²) in [4.78, 5) is 12.4. The van der Waals surface area contributed by atoms with Gasteiger partial charge in [0.2, 0.25) is 0 Å². The molecule has 2 aromatic rings. The molecule has 0 amide bonds. The van der Waals surface area contributed by atoms with Crippen molar-refractivity contribution < 1.29 is 4.79 Å². The zero-order chi connectivity index (χ0) is 13.8. The molecule has 0 radical (unpaired) electrons. The van der Waals surface area contributed by atoms with E-state index in [2.05, 4.69) is 21.2 Å². The topological polar surface area (TPSA) is 29.1 Å². The van der Waals surface area contributed by atoms with E-state index >= 15 is 0 Å². The molecule has 0 heterocycles. The maximum absolute atomic E-state index is 12.4. The molecular formula is C15H13BrClNO. The van der Waals surface area contributed by atoms with E-state index in [9.17, 15) is 4.79 Å². The summed E-state index contributed by atoms with van der Waals surface area (Å²) in [6.07, 6.45) is 0. The van der Waals surface area contributed by atoms with Crippen molar-refractivity contribution in [1.82, 2.24) is 0 Å². The summed E-state index contributed by atoms with van der Waals surface area (Å²) in [6, 6.07) is 12.7. The SMILES string of the molecule is CCNc1c(Br)ccc(C(=O)c2ccccc2)c1Cl. The van der Waals surface area contributed by atoms with Gasteiger partial charge in [0.25, 0.3) is 0 Å². The van der Waals surface area contributed by atoms with Crippen molar-refractivity contribution in [3.8, 4) is 0 Å². The molecule has 19 heavy (non-hydrogen) atoms. The Hall–Kier alpha value is -1.32. The second-order valence-electron chi connectivity index (χ2n) is 4.01. The van der Waals surface area contributed by atoms with E-state index in [4.69, 9.17) is 11.6 Å². The third-order valence-electron chi connectivity index (χ3n) is 2.73. The average Bonchev–Trinajstić information content (AvgIpc) is 2.44. The molecule has 0 unspecified atom stereocenters. The van der Waals surface area contributed by atoms with Gasteiger partial charge in [0.1, 0.15) is 0 Å².